The zero-order chi connectivity index (χ0) is 21.2. The van der Waals surface area contributed by atoms with E-state index in [0.29, 0.717) is 19.2 Å². The van der Waals surface area contributed by atoms with Crippen LogP contribution in [0.15, 0.2) is 29.3 Å². The largest absolute Gasteiger partial charge is 0.492 e. The molecule has 2 fully saturated rings. The highest BCUT2D eigenvalue weighted by molar-refractivity contribution is 5.80. The molecular weight excluding hydrogens is 374 g/mol. The summed E-state index contributed by atoms with van der Waals surface area (Å²) in [5.41, 5.74) is 1.17. The van der Waals surface area contributed by atoms with Crippen molar-refractivity contribution in [2.75, 3.05) is 46.4 Å². The number of nitrogens with one attached hydrogen (secondary N) is 2. The van der Waals surface area contributed by atoms with Gasteiger partial charge in [0.2, 0.25) is 0 Å². The van der Waals surface area contributed by atoms with Gasteiger partial charge in [0.25, 0.3) is 0 Å². The third kappa shape index (κ3) is 6.61. The molecule has 3 rings (SSSR count). The van der Waals surface area contributed by atoms with Gasteiger partial charge in [-0.1, -0.05) is 44.9 Å². The van der Waals surface area contributed by atoms with E-state index in [9.17, 15) is 0 Å². The van der Waals surface area contributed by atoms with Crippen LogP contribution in [0, 0.1) is 0 Å². The summed E-state index contributed by atoms with van der Waals surface area (Å²) in [5, 5.41) is 7.12. The van der Waals surface area contributed by atoms with Gasteiger partial charge in [-0.05, 0) is 38.4 Å². The predicted octanol–water partition coefficient (Wildman–Crippen LogP) is 3.09. The van der Waals surface area contributed by atoms with Crippen molar-refractivity contribution < 1.29 is 4.74 Å². The summed E-state index contributed by atoms with van der Waals surface area (Å²) < 4.78 is 6.09. The van der Waals surface area contributed by atoms with E-state index in [4.69, 9.17) is 4.74 Å². The number of aliphatic imine (C=N–C) groups is 1. The van der Waals surface area contributed by atoms with Crippen molar-refractivity contribution in [1.29, 1.82) is 0 Å². The van der Waals surface area contributed by atoms with Gasteiger partial charge in [0.05, 0.1) is 0 Å². The van der Waals surface area contributed by atoms with E-state index < -0.39 is 0 Å². The average molecular weight is 416 g/mol. The third-order valence-corrected chi connectivity index (χ3v) is 6.60. The SMILES string of the molecule is CCN(CC)CCOc1ccccc1CNC(=NC)NC1CCN(C2CCCC2)C1. The van der Waals surface area contributed by atoms with Crippen molar-refractivity contribution in [3.8, 4) is 5.75 Å². The predicted molar refractivity (Wildman–Crippen MR) is 125 cm³/mol. The second-order valence-electron chi connectivity index (χ2n) is 8.47. The lowest BCUT2D eigenvalue weighted by Gasteiger charge is -2.24. The lowest BCUT2D eigenvalue weighted by molar-refractivity contribution is 0.221. The molecule has 30 heavy (non-hydrogen) atoms. The van der Waals surface area contributed by atoms with E-state index >= 15 is 0 Å². The molecule has 1 aromatic rings. The minimum atomic E-state index is 0.484. The molecule has 1 unspecified atom stereocenters. The summed E-state index contributed by atoms with van der Waals surface area (Å²) in [6, 6.07) is 9.60. The van der Waals surface area contributed by atoms with Gasteiger partial charge in [-0.25, -0.2) is 0 Å². The summed E-state index contributed by atoms with van der Waals surface area (Å²) in [5.74, 6) is 1.84. The van der Waals surface area contributed by atoms with Crippen LogP contribution in [0.3, 0.4) is 0 Å². The standard InChI is InChI=1S/C24H41N5O/c1-4-28(5-2)16-17-30-23-13-9-6-10-20(23)18-26-24(25-3)27-21-14-15-29(19-21)22-11-7-8-12-22/h6,9-10,13,21-22H,4-5,7-8,11-12,14-19H2,1-3H3,(H2,25,26,27). The number of rotatable bonds is 10. The Kier molecular flexibility index (Phi) is 9.27. The molecule has 2 N–H and O–H groups in total. The Hall–Kier alpha value is -1.79. The number of nitrogens with zero attached hydrogens (tertiary/aromatic N) is 3. The number of ether oxygens (including phenoxy) is 1. The number of guanidine groups is 1. The first-order valence-electron chi connectivity index (χ1n) is 11.9. The Balaban J connectivity index is 1.45. The number of likely N-dealkylation sites (N-methyl/N-ethyl adjacent to an activating group) is 1. The molecule has 0 spiro atoms. The summed E-state index contributed by atoms with van der Waals surface area (Å²) in [4.78, 5) is 9.51. The van der Waals surface area contributed by atoms with E-state index in [2.05, 4.69) is 57.5 Å². The second kappa shape index (κ2) is 12.2. The van der Waals surface area contributed by atoms with Gasteiger partial charge in [0.1, 0.15) is 12.4 Å². The van der Waals surface area contributed by atoms with E-state index in [-0.39, 0.29) is 0 Å². The molecule has 0 amide bonds. The number of para-hydroxylation sites is 1. The van der Waals surface area contributed by atoms with Crippen molar-refractivity contribution in [2.45, 2.75) is 64.6 Å². The Morgan fingerprint density at radius 1 is 1.17 bits per heavy atom. The van der Waals surface area contributed by atoms with Gasteiger partial charge >= 0.3 is 0 Å². The highest BCUT2D eigenvalue weighted by Crippen LogP contribution is 2.26. The van der Waals surface area contributed by atoms with Crippen LogP contribution in [0.2, 0.25) is 0 Å². The minimum absolute atomic E-state index is 0.484. The number of benzene rings is 1. The molecule has 1 heterocycles. The normalized spacial score (nSPS) is 20.8. The fourth-order valence-electron chi connectivity index (χ4n) is 4.69. The number of hydrogen-bond acceptors (Lipinski definition) is 4. The molecular formula is C24H41N5O. The molecule has 168 valence electrons. The quantitative estimate of drug-likeness (QED) is 0.454. The highest BCUT2D eigenvalue weighted by Gasteiger charge is 2.30. The van der Waals surface area contributed by atoms with Crippen molar-refractivity contribution in [3.63, 3.8) is 0 Å². The first-order valence-corrected chi connectivity index (χ1v) is 11.9. The van der Waals surface area contributed by atoms with Crippen LogP contribution >= 0.6 is 0 Å². The minimum Gasteiger partial charge on any atom is -0.492 e. The Bertz CT molecular complexity index is 655. The molecule has 1 aliphatic heterocycles. The maximum absolute atomic E-state index is 6.09. The lowest BCUT2D eigenvalue weighted by atomic mass is 10.2. The lowest BCUT2D eigenvalue weighted by Crippen LogP contribution is -2.45. The van der Waals surface area contributed by atoms with Gasteiger partial charge < -0.3 is 20.3 Å². The van der Waals surface area contributed by atoms with Crippen LogP contribution in [0.4, 0.5) is 0 Å². The van der Waals surface area contributed by atoms with E-state index in [0.717, 1.165) is 43.9 Å². The van der Waals surface area contributed by atoms with Crippen molar-refractivity contribution in [3.05, 3.63) is 29.8 Å². The maximum Gasteiger partial charge on any atom is 0.191 e. The molecule has 0 aromatic heterocycles. The Morgan fingerprint density at radius 3 is 2.67 bits per heavy atom. The summed E-state index contributed by atoms with van der Waals surface area (Å²) >= 11 is 0. The van der Waals surface area contributed by atoms with Crippen LogP contribution in [0.1, 0.15) is 51.5 Å². The number of likely N-dealkylation sites (tertiary alicyclic amines) is 1. The van der Waals surface area contributed by atoms with Gasteiger partial charge in [-0.15, -0.1) is 0 Å². The van der Waals surface area contributed by atoms with Gasteiger partial charge in [-0.2, -0.15) is 0 Å². The smallest absolute Gasteiger partial charge is 0.191 e. The molecule has 6 nitrogen and oxygen atoms in total. The highest BCUT2D eigenvalue weighted by atomic mass is 16.5. The fourth-order valence-corrected chi connectivity index (χ4v) is 4.69. The van der Waals surface area contributed by atoms with Crippen molar-refractivity contribution in [2.24, 2.45) is 4.99 Å². The topological polar surface area (TPSA) is 52.1 Å². The Morgan fingerprint density at radius 2 is 1.93 bits per heavy atom. The third-order valence-electron chi connectivity index (χ3n) is 6.60. The molecule has 1 saturated heterocycles. The average Bonchev–Trinajstić information content (AvgIpc) is 3.47. The molecule has 0 radical (unpaired) electrons. The van der Waals surface area contributed by atoms with Crippen LogP contribution in [0.5, 0.6) is 5.75 Å². The van der Waals surface area contributed by atoms with E-state index in [1.807, 2.05) is 13.1 Å². The monoisotopic (exact) mass is 415 g/mol. The van der Waals surface area contributed by atoms with Crippen LogP contribution in [-0.2, 0) is 6.54 Å². The summed E-state index contributed by atoms with van der Waals surface area (Å²) in [6.07, 6.45) is 6.76. The van der Waals surface area contributed by atoms with Crippen LogP contribution in [-0.4, -0.2) is 74.2 Å². The molecule has 6 heteroatoms. The molecule has 1 aliphatic carbocycles. The molecule has 1 atom stereocenters. The van der Waals surface area contributed by atoms with Crippen molar-refractivity contribution in [1.82, 2.24) is 20.4 Å². The second-order valence-corrected chi connectivity index (χ2v) is 8.47. The van der Waals surface area contributed by atoms with Gasteiger partial charge in [0, 0.05) is 50.9 Å². The molecule has 1 aromatic carbocycles. The number of hydrogen-bond donors (Lipinski definition) is 2. The molecule has 0 bridgehead atoms. The summed E-state index contributed by atoms with van der Waals surface area (Å²) in [7, 11) is 1.85. The van der Waals surface area contributed by atoms with Gasteiger partial charge in [0.15, 0.2) is 5.96 Å². The fraction of sp³-hybridized carbons (Fsp3) is 0.708. The molecule has 2 aliphatic rings. The zero-order valence-corrected chi connectivity index (χ0v) is 19.2. The van der Waals surface area contributed by atoms with E-state index in [1.165, 1.54) is 44.2 Å². The summed E-state index contributed by atoms with van der Waals surface area (Å²) in [6.45, 7) is 11.2. The van der Waals surface area contributed by atoms with Crippen LogP contribution in [0.25, 0.3) is 0 Å². The van der Waals surface area contributed by atoms with Crippen LogP contribution < -0.4 is 15.4 Å². The maximum atomic E-state index is 6.09. The molecule has 1 saturated carbocycles. The Labute approximate surface area is 183 Å². The first kappa shape index (κ1) is 22.9. The van der Waals surface area contributed by atoms with Crippen molar-refractivity contribution >= 4 is 5.96 Å². The first-order chi connectivity index (χ1) is 14.7. The zero-order valence-electron chi connectivity index (χ0n) is 19.2. The van der Waals surface area contributed by atoms with E-state index in [1.54, 1.807) is 0 Å². The van der Waals surface area contributed by atoms with Gasteiger partial charge in [-0.3, -0.25) is 9.89 Å².